The summed E-state index contributed by atoms with van der Waals surface area (Å²) in [5.74, 6) is 0. The number of urea groups is 1. The highest BCUT2D eigenvalue weighted by Gasteiger charge is 2.40. The Morgan fingerprint density at radius 2 is 2.12 bits per heavy atom. The minimum Gasteiger partial charge on any atom is -0.334 e. The molecule has 1 aliphatic carbocycles. The van der Waals surface area contributed by atoms with Gasteiger partial charge >= 0.3 is 6.03 Å². The van der Waals surface area contributed by atoms with Crippen LogP contribution in [0.5, 0.6) is 0 Å². The number of nitrogens with one attached hydrogen (secondary N) is 2. The van der Waals surface area contributed by atoms with Gasteiger partial charge in [0.1, 0.15) is 6.29 Å². The number of aldehydes is 1. The van der Waals surface area contributed by atoms with Crippen molar-refractivity contribution in [2.45, 2.75) is 39.7 Å². The van der Waals surface area contributed by atoms with Crippen LogP contribution in [0, 0.1) is 5.41 Å². The van der Waals surface area contributed by atoms with E-state index in [1.807, 2.05) is 32.9 Å². The van der Waals surface area contributed by atoms with Gasteiger partial charge in [0.2, 0.25) is 10.0 Å². The Morgan fingerprint density at radius 3 is 2.71 bits per heavy atom. The van der Waals surface area contributed by atoms with Gasteiger partial charge in [-0.1, -0.05) is 32.9 Å². The van der Waals surface area contributed by atoms with E-state index in [4.69, 9.17) is 0 Å². The van der Waals surface area contributed by atoms with Crippen LogP contribution >= 0.6 is 0 Å². The zero-order valence-electron chi connectivity index (χ0n) is 14.3. The van der Waals surface area contributed by atoms with Crippen LogP contribution < -0.4 is 10.6 Å². The second-order valence-electron chi connectivity index (χ2n) is 7.13. The Hall–Kier alpha value is -1.67. The first-order chi connectivity index (χ1) is 11.2. The Balaban J connectivity index is 2.12. The van der Waals surface area contributed by atoms with E-state index < -0.39 is 16.1 Å². The summed E-state index contributed by atoms with van der Waals surface area (Å²) in [6.07, 6.45) is 5.75. The Kier molecular flexibility index (Phi) is 5.49. The molecule has 2 amide bonds. The molecule has 0 fully saturated rings. The fraction of sp³-hybridized carbons (Fsp3) is 0.625. The predicted octanol–water partition coefficient (Wildman–Crippen LogP) is 1.15. The monoisotopic (exact) mass is 355 g/mol. The third kappa shape index (κ3) is 4.05. The first-order valence-electron chi connectivity index (χ1n) is 8.03. The molecule has 1 aliphatic heterocycles. The molecule has 1 heterocycles. The molecule has 0 aromatic carbocycles. The van der Waals surface area contributed by atoms with Gasteiger partial charge < -0.3 is 15.4 Å². The topological polar surface area (TPSA) is 95.6 Å². The lowest BCUT2D eigenvalue weighted by Crippen LogP contribution is -2.53. The number of hydrogen-bond donors (Lipinski definition) is 2. The first kappa shape index (κ1) is 18.7. The molecule has 7 nitrogen and oxygen atoms in total. The summed E-state index contributed by atoms with van der Waals surface area (Å²) in [5, 5.41) is 5.21. The Labute approximate surface area is 143 Å². The molecule has 24 heavy (non-hydrogen) atoms. The summed E-state index contributed by atoms with van der Waals surface area (Å²) in [7, 11) is -3.46. The quantitative estimate of drug-likeness (QED) is 0.723. The lowest BCUT2D eigenvalue weighted by Gasteiger charge is -2.34. The molecule has 1 unspecified atom stereocenters. The van der Waals surface area contributed by atoms with Gasteiger partial charge in [-0.3, -0.25) is 0 Å². The fourth-order valence-corrected chi connectivity index (χ4v) is 4.61. The van der Waals surface area contributed by atoms with Crippen molar-refractivity contribution in [1.82, 2.24) is 14.9 Å². The van der Waals surface area contributed by atoms with E-state index in [0.717, 1.165) is 12.0 Å². The first-order valence-corrected chi connectivity index (χ1v) is 9.47. The van der Waals surface area contributed by atoms with Crippen LogP contribution in [0.3, 0.4) is 0 Å². The van der Waals surface area contributed by atoms with Crippen molar-refractivity contribution in [1.29, 1.82) is 0 Å². The smallest absolute Gasteiger partial charge is 0.315 e. The highest BCUT2D eigenvalue weighted by Crippen LogP contribution is 2.34. The molecular formula is C16H25N3O4S. The average molecular weight is 355 g/mol. The molecule has 8 heteroatoms. The number of amides is 2. The summed E-state index contributed by atoms with van der Waals surface area (Å²) in [4.78, 5) is 22.7. The second-order valence-corrected chi connectivity index (χ2v) is 9.09. The normalized spacial score (nSPS) is 21.3. The summed E-state index contributed by atoms with van der Waals surface area (Å²) >= 11 is 0. The van der Waals surface area contributed by atoms with Gasteiger partial charge in [0.15, 0.2) is 0 Å². The predicted molar refractivity (Wildman–Crippen MR) is 91.7 cm³/mol. The largest absolute Gasteiger partial charge is 0.334 e. The molecule has 0 aromatic heterocycles. The number of rotatable bonds is 5. The lowest BCUT2D eigenvalue weighted by atomic mass is 9.86. The van der Waals surface area contributed by atoms with Gasteiger partial charge in [-0.05, 0) is 23.8 Å². The zero-order valence-corrected chi connectivity index (χ0v) is 15.1. The maximum absolute atomic E-state index is 12.7. The van der Waals surface area contributed by atoms with Crippen molar-refractivity contribution in [3.8, 4) is 0 Å². The van der Waals surface area contributed by atoms with Crippen LogP contribution in [-0.2, 0) is 14.8 Å². The number of carbonyl (C=O) groups is 2. The van der Waals surface area contributed by atoms with Crippen LogP contribution in [0.1, 0.15) is 33.6 Å². The average Bonchev–Trinajstić information content (AvgIpc) is 2.75. The van der Waals surface area contributed by atoms with E-state index in [-0.39, 0.29) is 24.5 Å². The van der Waals surface area contributed by atoms with Gasteiger partial charge in [-0.2, -0.15) is 4.31 Å². The van der Waals surface area contributed by atoms with Crippen molar-refractivity contribution in [2.75, 3.05) is 19.6 Å². The highest BCUT2D eigenvalue weighted by atomic mass is 32.2. The van der Waals surface area contributed by atoms with Crippen LogP contribution in [0.4, 0.5) is 4.79 Å². The molecule has 0 radical (unpaired) electrons. The Morgan fingerprint density at radius 1 is 1.42 bits per heavy atom. The van der Waals surface area contributed by atoms with E-state index in [9.17, 15) is 18.0 Å². The third-order valence-corrected chi connectivity index (χ3v) is 6.34. The summed E-state index contributed by atoms with van der Waals surface area (Å²) in [5.41, 5.74) is 0.506. The standard InChI is InChI=1S/C16H25N3O4S/c1-16(2,3)14(18-15(21)17-8-9-20)11-19-10-12-6-4-5-7-13(12)24(19,22)23/h4,6,9,14H,5,7-8,10-11H2,1-3H3,(H2,17,18,21). The molecule has 1 atom stereocenters. The van der Waals surface area contributed by atoms with Crippen molar-refractivity contribution in [3.05, 3.63) is 22.6 Å². The van der Waals surface area contributed by atoms with E-state index in [2.05, 4.69) is 10.6 Å². The minimum atomic E-state index is -3.46. The van der Waals surface area contributed by atoms with Gasteiger partial charge in [0.05, 0.1) is 11.4 Å². The maximum Gasteiger partial charge on any atom is 0.315 e. The van der Waals surface area contributed by atoms with Crippen LogP contribution in [0.2, 0.25) is 0 Å². The SMILES string of the molecule is CC(C)(C)C(CN1CC2=C(CCC=C2)S1(=O)=O)NC(=O)NCC=O. The third-order valence-electron chi connectivity index (χ3n) is 4.30. The van der Waals surface area contributed by atoms with Crippen molar-refractivity contribution in [3.63, 3.8) is 0 Å². The molecule has 134 valence electrons. The number of nitrogens with zero attached hydrogens (tertiary/aromatic N) is 1. The second kappa shape index (κ2) is 7.06. The highest BCUT2D eigenvalue weighted by molar-refractivity contribution is 7.93. The summed E-state index contributed by atoms with van der Waals surface area (Å²) < 4.78 is 26.8. The van der Waals surface area contributed by atoms with Gasteiger partial charge in [0, 0.05) is 19.1 Å². The molecule has 0 saturated heterocycles. The maximum atomic E-state index is 12.7. The fourth-order valence-electron chi connectivity index (χ4n) is 2.81. The molecule has 2 aliphatic rings. The molecule has 0 spiro atoms. The molecule has 2 N–H and O–H groups in total. The number of allylic oxidation sites excluding steroid dienone is 2. The number of sulfonamides is 1. The van der Waals surface area contributed by atoms with Crippen molar-refractivity contribution >= 4 is 22.3 Å². The molecule has 0 aromatic rings. The van der Waals surface area contributed by atoms with E-state index >= 15 is 0 Å². The van der Waals surface area contributed by atoms with Crippen LogP contribution in [-0.4, -0.2) is 50.7 Å². The molecule has 0 saturated carbocycles. The molecular weight excluding hydrogens is 330 g/mol. The summed E-state index contributed by atoms with van der Waals surface area (Å²) in [6.45, 7) is 6.28. The van der Waals surface area contributed by atoms with Crippen LogP contribution in [0.25, 0.3) is 0 Å². The van der Waals surface area contributed by atoms with E-state index in [0.29, 0.717) is 24.2 Å². The molecule has 0 bridgehead atoms. The van der Waals surface area contributed by atoms with Gasteiger partial charge in [-0.25, -0.2) is 13.2 Å². The number of hydrogen-bond acceptors (Lipinski definition) is 4. The number of carbonyl (C=O) groups excluding carboxylic acids is 2. The van der Waals surface area contributed by atoms with E-state index in [1.54, 1.807) is 0 Å². The van der Waals surface area contributed by atoms with Crippen molar-refractivity contribution < 1.29 is 18.0 Å². The zero-order chi connectivity index (χ0) is 18.0. The Bertz CT molecular complexity index is 674. The van der Waals surface area contributed by atoms with E-state index in [1.165, 1.54) is 4.31 Å². The lowest BCUT2D eigenvalue weighted by molar-refractivity contribution is -0.107. The van der Waals surface area contributed by atoms with Gasteiger partial charge in [0.25, 0.3) is 0 Å². The molecule has 2 rings (SSSR count). The van der Waals surface area contributed by atoms with Gasteiger partial charge in [-0.15, -0.1) is 0 Å². The van der Waals surface area contributed by atoms with Crippen LogP contribution in [0.15, 0.2) is 22.6 Å². The minimum absolute atomic E-state index is 0.0780. The summed E-state index contributed by atoms with van der Waals surface area (Å²) in [6, 6.07) is -0.861. The van der Waals surface area contributed by atoms with Crippen molar-refractivity contribution in [2.24, 2.45) is 5.41 Å².